The number of carbonyl (C=O) groups excluding carboxylic acids is 1. The van der Waals surface area contributed by atoms with Gasteiger partial charge >= 0.3 is 0 Å². The SMILES string of the molecule is CCCN1CCN(C(=O)C2CCCN(c3nn4c(=O)c5c(nc4s3)CCCC5)C2)CC1. The van der Waals surface area contributed by atoms with Crippen molar-refractivity contribution >= 4 is 27.3 Å². The van der Waals surface area contributed by atoms with E-state index in [-0.39, 0.29) is 17.4 Å². The van der Waals surface area contributed by atoms with Crippen molar-refractivity contribution in [1.29, 1.82) is 0 Å². The topological polar surface area (TPSA) is 74.1 Å². The highest BCUT2D eigenvalue weighted by atomic mass is 32.1. The predicted molar refractivity (Wildman–Crippen MR) is 122 cm³/mol. The van der Waals surface area contributed by atoms with E-state index in [4.69, 9.17) is 4.98 Å². The molecule has 1 aliphatic carbocycles. The molecule has 0 bridgehead atoms. The Bertz CT molecular complexity index is 1010. The Balaban J connectivity index is 1.30. The third-order valence-electron chi connectivity index (χ3n) is 6.93. The summed E-state index contributed by atoms with van der Waals surface area (Å²) in [6, 6.07) is 0. The van der Waals surface area contributed by atoms with Gasteiger partial charge < -0.3 is 9.80 Å². The second-order valence-corrected chi connectivity index (χ2v) is 10.0. The Morgan fingerprint density at radius 1 is 1.10 bits per heavy atom. The third kappa shape index (κ3) is 4.09. The van der Waals surface area contributed by atoms with Crippen LogP contribution in [0.1, 0.15) is 50.3 Å². The summed E-state index contributed by atoms with van der Waals surface area (Å²) >= 11 is 1.48. The molecule has 1 unspecified atom stereocenters. The maximum Gasteiger partial charge on any atom is 0.278 e. The average molecular weight is 445 g/mol. The molecule has 2 aliphatic heterocycles. The highest BCUT2D eigenvalue weighted by Gasteiger charge is 2.32. The van der Waals surface area contributed by atoms with E-state index >= 15 is 0 Å². The number of aryl methyl sites for hydroxylation is 1. The molecule has 1 amide bonds. The van der Waals surface area contributed by atoms with Gasteiger partial charge in [-0.2, -0.15) is 4.52 Å². The normalized spacial score (nSPS) is 22.7. The van der Waals surface area contributed by atoms with E-state index in [0.717, 1.165) is 101 Å². The number of anilines is 1. The van der Waals surface area contributed by atoms with Gasteiger partial charge in [-0.1, -0.05) is 18.3 Å². The van der Waals surface area contributed by atoms with E-state index in [1.807, 2.05) is 0 Å². The molecule has 0 radical (unpaired) electrons. The van der Waals surface area contributed by atoms with E-state index in [9.17, 15) is 9.59 Å². The fourth-order valence-corrected chi connectivity index (χ4v) is 6.16. The zero-order chi connectivity index (χ0) is 21.4. The predicted octanol–water partition coefficient (Wildman–Crippen LogP) is 1.80. The van der Waals surface area contributed by atoms with Gasteiger partial charge in [0.1, 0.15) is 0 Å². The summed E-state index contributed by atoms with van der Waals surface area (Å²) < 4.78 is 1.49. The molecule has 1 atom stereocenters. The fraction of sp³-hybridized carbons (Fsp3) is 0.727. The lowest BCUT2D eigenvalue weighted by molar-refractivity contribution is -0.137. The van der Waals surface area contributed by atoms with Gasteiger partial charge in [0.15, 0.2) is 0 Å². The molecule has 2 saturated heterocycles. The van der Waals surface area contributed by atoms with Gasteiger partial charge in [-0.15, -0.1) is 5.10 Å². The van der Waals surface area contributed by atoms with E-state index < -0.39 is 0 Å². The Labute approximate surface area is 186 Å². The Hall–Kier alpha value is -2.00. The maximum atomic E-state index is 13.2. The molecular weight excluding hydrogens is 412 g/mol. The van der Waals surface area contributed by atoms with Gasteiger partial charge in [-0.3, -0.25) is 14.5 Å². The average Bonchev–Trinajstić information content (AvgIpc) is 3.24. The number of fused-ring (bicyclic) bond motifs is 2. The number of amides is 1. The molecule has 0 aromatic carbocycles. The Morgan fingerprint density at radius 3 is 2.71 bits per heavy atom. The summed E-state index contributed by atoms with van der Waals surface area (Å²) in [5.41, 5.74) is 1.80. The summed E-state index contributed by atoms with van der Waals surface area (Å²) in [4.78, 5) is 38.2. The van der Waals surface area contributed by atoms with Gasteiger partial charge in [-0.25, -0.2) is 4.98 Å². The Morgan fingerprint density at radius 2 is 1.90 bits per heavy atom. The van der Waals surface area contributed by atoms with Crippen LogP contribution in [0.4, 0.5) is 5.13 Å². The number of piperidine rings is 1. The molecule has 2 aromatic heterocycles. The summed E-state index contributed by atoms with van der Waals surface area (Å²) in [5.74, 6) is 0.295. The lowest BCUT2D eigenvalue weighted by Crippen LogP contribution is -2.52. The molecule has 0 spiro atoms. The van der Waals surface area contributed by atoms with Crippen molar-refractivity contribution in [3.63, 3.8) is 0 Å². The quantitative estimate of drug-likeness (QED) is 0.716. The largest absolute Gasteiger partial charge is 0.346 e. The number of piperazine rings is 1. The van der Waals surface area contributed by atoms with E-state index in [1.165, 1.54) is 15.9 Å². The van der Waals surface area contributed by atoms with Crippen LogP contribution in [0, 0.1) is 5.92 Å². The van der Waals surface area contributed by atoms with Crippen LogP contribution in [-0.4, -0.2) is 76.1 Å². The van der Waals surface area contributed by atoms with Crippen LogP contribution >= 0.6 is 11.3 Å². The zero-order valence-corrected chi connectivity index (χ0v) is 19.2. The van der Waals surface area contributed by atoms with Crippen LogP contribution in [0.2, 0.25) is 0 Å². The highest BCUT2D eigenvalue weighted by Crippen LogP contribution is 2.29. The van der Waals surface area contributed by atoms with Crippen molar-refractivity contribution in [2.24, 2.45) is 5.92 Å². The number of carbonyl (C=O) groups is 1. The monoisotopic (exact) mass is 444 g/mol. The van der Waals surface area contributed by atoms with Crippen molar-refractivity contribution in [2.45, 2.75) is 51.9 Å². The van der Waals surface area contributed by atoms with Gasteiger partial charge in [0.05, 0.1) is 11.6 Å². The minimum atomic E-state index is -0.00298. The maximum absolute atomic E-state index is 13.2. The number of aromatic nitrogens is 3. The van der Waals surface area contributed by atoms with Crippen LogP contribution in [0.15, 0.2) is 4.79 Å². The Kier molecular flexibility index (Phi) is 5.97. The molecule has 3 aliphatic rings. The summed E-state index contributed by atoms with van der Waals surface area (Å²) in [6.07, 6.45) is 6.92. The summed E-state index contributed by atoms with van der Waals surface area (Å²) in [7, 11) is 0. The molecule has 8 nitrogen and oxygen atoms in total. The van der Waals surface area contributed by atoms with Gasteiger partial charge in [0.2, 0.25) is 16.0 Å². The first-order valence-electron chi connectivity index (χ1n) is 11.8. The molecule has 0 saturated carbocycles. The molecule has 0 N–H and O–H groups in total. The van der Waals surface area contributed by atoms with Crippen molar-refractivity contribution in [3.05, 3.63) is 21.6 Å². The second kappa shape index (κ2) is 8.86. The smallest absolute Gasteiger partial charge is 0.278 e. The number of hydrogen-bond donors (Lipinski definition) is 0. The summed E-state index contributed by atoms with van der Waals surface area (Å²) in [5, 5.41) is 5.45. The van der Waals surface area contributed by atoms with Crippen LogP contribution in [0.3, 0.4) is 0 Å². The first-order chi connectivity index (χ1) is 15.1. The van der Waals surface area contributed by atoms with Crippen LogP contribution < -0.4 is 10.5 Å². The molecule has 9 heteroatoms. The van der Waals surface area contributed by atoms with Gasteiger partial charge in [-0.05, 0) is 51.5 Å². The first kappa shape index (κ1) is 20.9. The number of hydrogen-bond acceptors (Lipinski definition) is 7. The lowest BCUT2D eigenvalue weighted by atomic mass is 9.96. The van der Waals surface area contributed by atoms with Crippen molar-refractivity contribution in [1.82, 2.24) is 24.4 Å². The second-order valence-electron chi connectivity index (χ2n) is 9.08. The van der Waals surface area contributed by atoms with E-state index in [1.54, 1.807) is 0 Å². The molecule has 5 rings (SSSR count). The highest BCUT2D eigenvalue weighted by molar-refractivity contribution is 7.20. The van der Waals surface area contributed by atoms with E-state index in [0.29, 0.717) is 11.5 Å². The van der Waals surface area contributed by atoms with Crippen LogP contribution in [0.5, 0.6) is 0 Å². The number of rotatable bonds is 4. The van der Waals surface area contributed by atoms with Crippen molar-refractivity contribution < 1.29 is 4.79 Å². The van der Waals surface area contributed by atoms with Gasteiger partial charge in [0, 0.05) is 44.8 Å². The van der Waals surface area contributed by atoms with Crippen molar-refractivity contribution in [2.75, 3.05) is 50.7 Å². The van der Waals surface area contributed by atoms with E-state index in [2.05, 4.69) is 26.7 Å². The summed E-state index contributed by atoms with van der Waals surface area (Å²) in [6.45, 7) is 8.51. The molecule has 168 valence electrons. The number of nitrogens with zero attached hydrogens (tertiary/aromatic N) is 6. The third-order valence-corrected chi connectivity index (χ3v) is 7.90. The zero-order valence-electron chi connectivity index (χ0n) is 18.4. The first-order valence-corrected chi connectivity index (χ1v) is 12.6. The van der Waals surface area contributed by atoms with Crippen LogP contribution in [0.25, 0.3) is 4.96 Å². The minimum Gasteiger partial charge on any atom is -0.346 e. The molecule has 31 heavy (non-hydrogen) atoms. The van der Waals surface area contributed by atoms with Crippen LogP contribution in [-0.2, 0) is 17.6 Å². The van der Waals surface area contributed by atoms with Crippen molar-refractivity contribution in [3.8, 4) is 0 Å². The molecule has 2 fully saturated rings. The van der Waals surface area contributed by atoms with Gasteiger partial charge in [0.25, 0.3) is 5.56 Å². The molecular formula is C22H32N6O2S. The standard InChI is InChI=1S/C22H32N6O2S/c1-2-9-25-11-13-26(14-12-25)19(29)16-6-5-10-27(15-16)22-24-28-20(30)17-7-3-4-8-18(17)23-21(28)31-22/h16H,2-15H2,1H3. The fourth-order valence-electron chi connectivity index (χ4n) is 5.21. The minimum absolute atomic E-state index is 0.00298. The molecule has 2 aromatic rings. The molecule has 4 heterocycles. The lowest BCUT2D eigenvalue weighted by Gasteiger charge is -2.38.